The zero-order chi connectivity index (χ0) is 14.2. The summed E-state index contributed by atoms with van der Waals surface area (Å²) >= 11 is 0.879. The van der Waals surface area contributed by atoms with Gasteiger partial charge in [-0.05, 0) is 19.4 Å². The van der Waals surface area contributed by atoms with Crippen molar-refractivity contribution < 1.29 is 13.2 Å². The SMILES string of the molecule is Cc1ccc(C2=NN(C)C(C)SC2C(F)(F)F)cc1. The number of rotatable bonds is 1. The molecule has 1 aromatic carbocycles. The van der Waals surface area contributed by atoms with Crippen molar-refractivity contribution in [3.05, 3.63) is 35.4 Å². The summed E-state index contributed by atoms with van der Waals surface area (Å²) in [6.45, 7) is 3.62. The largest absolute Gasteiger partial charge is 0.406 e. The van der Waals surface area contributed by atoms with Gasteiger partial charge in [0, 0.05) is 7.05 Å². The highest BCUT2D eigenvalue weighted by atomic mass is 32.2. The molecule has 1 aliphatic rings. The standard InChI is InChI=1S/C13H15F3N2S/c1-8-4-6-10(7-5-8)11-12(13(14,15)16)19-9(2)18(3)17-11/h4-7,9,12H,1-3H3. The molecule has 2 rings (SSSR count). The molecule has 104 valence electrons. The van der Waals surface area contributed by atoms with E-state index in [0.29, 0.717) is 5.56 Å². The van der Waals surface area contributed by atoms with Crippen molar-refractivity contribution in [3.63, 3.8) is 0 Å². The monoisotopic (exact) mass is 288 g/mol. The summed E-state index contributed by atoms with van der Waals surface area (Å²) < 4.78 is 39.4. The summed E-state index contributed by atoms with van der Waals surface area (Å²) in [6.07, 6.45) is -4.29. The van der Waals surface area contributed by atoms with Gasteiger partial charge in [-0.15, -0.1) is 11.8 Å². The Morgan fingerprint density at radius 1 is 1.21 bits per heavy atom. The first-order chi connectivity index (χ1) is 8.79. The Hall–Kier alpha value is -1.17. The third kappa shape index (κ3) is 3.05. The molecule has 0 N–H and O–H groups in total. The molecule has 19 heavy (non-hydrogen) atoms. The van der Waals surface area contributed by atoms with Crippen molar-refractivity contribution in [1.82, 2.24) is 5.01 Å². The summed E-state index contributed by atoms with van der Waals surface area (Å²) in [7, 11) is 1.69. The lowest BCUT2D eigenvalue weighted by Gasteiger charge is -2.34. The van der Waals surface area contributed by atoms with Crippen LogP contribution in [0, 0.1) is 6.92 Å². The minimum atomic E-state index is -4.29. The van der Waals surface area contributed by atoms with E-state index in [2.05, 4.69) is 5.10 Å². The van der Waals surface area contributed by atoms with Crippen molar-refractivity contribution in [1.29, 1.82) is 0 Å². The number of hydrogen-bond donors (Lipinski definition) is 0. The van der Waals surface area contributed by atoms with Gasteiger partial charge in [-0.1, -0.05) is 29.8 Å². The third-order valence-corrected chi connectivity index (χ3v) is 4.48. The van der Waals surface area contributed by atoms with E-state index in [0.717, 1.165) is 17.3 Å². The number of hydrogen-bond acceptors (Lipinski definition) is 3. The van der Waals surface area contributed by atoms with E-state index in [1.54, 1.807) is 43.2 Å². The van der Waals surface area contributed by atoms with Gasteiger partial charge in [-0.2, -0.15) is 18.3 Å². The van der Waals surface area contributed by atoms with E-state index in [4.69, 9.17) is 0 Å². The highest BCUT2D eigenvalue weighted by Crippen LogP contribution is 2.39. The van der Waals surface area contributed by atoms with Crippen LogP contribution in [0.15, 0.2) is 29.4 Å². The second kappa shape index (κ2) is 5.07. The van der Waals surface area contributed by atoms with Crippen LogP contribution in [0.25, 0.3) is 0 Å². The molecule has 0 spiro atoms. The minimum absolute atomic E-state index is 0.0816. The van der Waals surface area contributed by atoms with Gasteiger partial charge in [0.15, 0.2) is 0 Å². The highest BCUT2D eigenvalue weighted by Gasteiger charge is 2.47. The minimum Gasteiger partial charge on any atom is -0.287 e. The van der Waals surface area contributed by atoms with Crippen LogP contribution < -0.4 is 0 Å². The highest BCUT2D eigenvalue weighted by molar-refractivity contribution is 8.01. The van der Waals surface area contributed by atoms with Crippen LogP contribution >= 0.6 is 11.8 Å². The van der Waals surface area contributed by atoms with Gasteiger partial charge >= 0.3 is 6.18 Å². The Labute approximate surface area is 114 Å². The molecule has 0 saturated carbocycles. The lowest BCUT2D eigenvalue weighted by Crippen LogP contribution is -2.43. The van der Waals surface area contributed by atoms with Crippen molar-refractivity contribution in [2.75, 3.05) is 7.05 Å². The Balaban J connectivity index is 2.43. The molecule has 2 nitrogen and oxygen atoms in total. The van der Waals surface area contributed by atoms with Gasteiger partial charge in [0.2, 0.25) is 0 Å². The number of hydrazone groups is 1. The van der Waals surface area contributed by atoms with Gasteiger partial charge in [-0.25, -0.2) is 0 Å². The fraction of sp³-hybridized carbons (Fsp3) is 0.462. The van der Waals surface area contributed by atoms with Crippen molar-refractivity contribution >= 4 is 17.5 Å². The molecule has 0 bridgehead atoms. The zero-order valence-electron chi connectivity index (χ0n) is 10.9. The van der Waals surface area contributed by atoms with E-state index in [9.17, 15) is 13.2 Å². The van der Waals surface area contributed by atoms with Crippen molar-refractivity contribution in [3.8, 4) is 0 Å². The van der Waals surface area contributed by atoms with Gasteiger partial charge < -0.3 is 0 Å². The molecule has 2 unspecified atom stereocenters. The van der Waals surface area contributed by atoms with Crippen LogP contribution in [0.2, 0.25) is 0 Å². The topological polar surface area (TPSA) is 15.6 Å². The lowest BCUT2D eigenvalue weighted by atomic mass is 10.1. The Morgan fingerprint density at radius 3 is 2.32 bits per heavy atom. The predicted molar refractivity (Wildman–Crippen MR) is 72.4 cm³/mol. The summed E-state index contributed by atoms with van der Waals surface area (Å²) in [4.78, 5) is 0. The summed E-state index contributed by atoms with van der Waals surface area (Å²) in [5, 5.41) is 3.83. The quantitative estimate of drug-likeness (QED) is 0.784. The Bertz CT molecular complexity index is 482. The smallest absolute Gasteiger partial charge is 0.287 e. The van der Waals surface area contributed by atoms with Gasteiger partial charge in [0.25, 0.3) is 0 Å². The summed E-state index contributed by atoms with van der Waals surface area (Å²) in [6, 6.07) is 6.98. The van der Waals surface area contributed by atoms with E-state index in [-0.39, 0.29) is 11.1 Å². The molecular formula is C13H15F3N2S. The zero-order valence-corrected chi connectivity index (χ0v) is 11.7. The molecule has 0 aliphatic carbocycles. The van der Waals surface area contributed by atoms with Crippen molar-refractivity contribution in [2.24, 2.45) is 5.10 Å². The van der Waals surface area contributed by atoms with Crippen LogP contribution in [-0.4, -0.2) is 34.6 Å². The molecular weight excluding hydrogens is 273 g/mol. The van der Waals surface area contributed by atoms with Crippen LogP contribution in [-0.2, 0) is 0 Å². The number of benzene rings is 1. The van der Waals surface area contributed by atoms with E-state index in [1.165, 1.54) is 0 Å². The van der Waals surface area contributed by atoms with Crippen molar-refractivity contribution in [2.45, 2.75) is 30.6 Å². The third-order valence-electron chi connectivity index (χ3n) is 3.02. The Morgan fingerprint density at radius 2 is 1.79 bits per heavy atom. The first-order valence-corrected chi connectivity index (χ1v) is 6.84. The number of nitrogens with zero attached hydrogens (tertiary/aromatic N) is 2. The fourth-order valence-electron chi connectivity index (χ4n) is 1.82. The molecule has 0 saturated heterocycles. The van der Waals surface area contributed by atoms with Crippen LogP contribution in [0.3, 0.4) is 0 Å². The number of aryl methyl sites for hydroxylation is 1. The second-order valence-corrected chi connectivity index (χ2v) is 6.01. The second-order valence-electron chi connectivity index (χ2n) is 4.58. The molecule has 1 heterocycles. The lowest BCUT2D eigenvalue weighted by molar-refractivity contribution is -0.117. The Kier molecular flexibility index (Phi) is 3.80. The molecule has 1 aromatic rings. The molecule has 0 fully saturated rings. The van der Waals surface area contributed by atoms with Crippen LogP contribution in [0.4, 0.5) is 13.2 Å². The maximum Gasteiger partial charge on any atom is 0.406 e. The average molecular weight is 288 g/mol. The molecule has 0 aromatic heterocycles. The summed E-state index contributed by atoms with van der Waals surface area (Å²) in [5.74, 6) is 0. The maximum atomic E-state index is 13.1. The number of thioether (sulfide) groups is 1. The van der Waals surface area contributed by atoms with Gasteiger partial charge in [-0.3, -0.25) is 5.01 Å². The predicted octanol–water partition coefficient (Wildman–Crippen LogP) is 3.65. The van der Waals surface area contributed by atoms with Crippen LogP contribution in [0.5, 0.6) is 0 Å². The molecule has 2 atom stereocenters. The van der Waals surface area contributed by atoms with E-state index < -0.39 is 11.4 Å². The summed E-state index contributed by atoms with van der Waals surface area (Å²) in [5.41, 5.74) is 1.62. The molecule has 1 aliphatic heterocycles. The van der Waals surface area contributed by atoms with E-state index in [1.807, 2.05) is 6.92 Å². The van der Waals surface area contributed by atoms with E-state index >= 15 is 0 Å². The maximum absolute atomic E-state index is 13.1. The first kappa shape index (κ1) is 14.2. The number of alkyl halides is 3. The first-order valence-electron chi connectivity index (χ1n) is 5.89. The number of halogens is 3. The molecule has 0 amide bonds. The normalized spacial score (nSPS) is 24.3. The average Bonchev–Trinajstić information content (AvgIpc) is 2.32. The van der Waals surface area contributed by atoms with Gasteiger partial charge in [0.05, 0.1) is 11.1 Å². The van der Waals surface area contributed by atoms with Gasteiger partial charge in [0.1, 0.15) is 5.25 Å². The molecule has 0 radical (unpaired) electrons. The fourth-order valence-corrected chi connectivity index (χ4v) is 2.90. The van der Waals surface area contributed by atoms with Crippen LogP contribution in [0.1, 0.15) is 18.1 Å². The molecule has 6 heteroatoms.